The summed E-state index contributed by atoms with van der Waals surface area (Å²) in [4.78, 5) is 24.6. The second-order valence-corrected chi connectivity index (χ2v) is 7.28. The Kier molecular flexibility index (Phi) is 4.83. The molecule has 3 rings (SSSR count). The number of aliphatic imine (C=N–C) groups is 1. The minimum atomic E-state index is -2.79. The Hall–Kier alpha value is -2.29. The van der Waals surface area contributed by atoms with Gasteiger partial charge in [0.2, 0.25) is 5.95 Å². The van der Waals surface area contributed by atoms with Crippen LogP contribution < -0.4 is 16.2 Å². The summed E-state index contributed by atoms with van der Waals surface area (Å²) in [5, 5.41) is 0. The van der Waals surface area contributed by atoms with Crippen LogP contribution >= 0.6 is 15.9 Å². The molecule has 2 heterocycles. The molecule has 1 fully saturated rings. The van der Waals surface area contributed by atoms with Gasteiger partial charge in [0.05, 0.1) is 12.2 Å². The van der Waals surface area contributed by atoms with Crippen molar-refractivity contribution in [3.8, 4) is 0 Å². The predicted octanol–water partition coefficient (Wildman–Crippen LogP) is 3.33. The van der Waals surface area contributed by atoms with E-state index in [0.29, 0.717) is 0 Å². The van der Waals surface area contributed by atoms with Gasteiger partial charge in [-0.05, 0) is 37.1 Å². The van der Waals surface area contributed by atoms with Crippen LogP contribution in [0.15, 0.2) is 26.4 Å². The van der Waals surface area contributed by atoms with E-state index in [1.165, 1.54) is 11.1 Å². The summed E-state index contributed by atoms with van der Waals surface area (Å²) in [5.74, 6) is -2.78. The average molecular weight is 426 g/mol. The Labute approximate surface area is 157 Å². The van der Waals surface area contributed by atoms with E-state index in [4.69, 9.17) is 5.73 Å². The van der Waals surface area contributed by atoms with Gasteiger partial charge in [0.1, 0.15) is 11.4 Å². The molecule has 1 saturated heterocycles. The number of aromatic amines is 1. The lowest BCUT2D eigenvalue weighted by Crippen LogP contribution is -2.29. The summed E-state index contributed by atoms with van der Waals surface area (Å²) in [5.41, 5.74) is 8.07. The highest BCUT2D eigenvalue weighted by Gasteiger charge is 2.39. The first-order valence-corrected chi connectivity index (χ1v) is 8.79. The normalized spacial score (nSPS) is 16.6. The fraction of sp³-hybridized carbons (Fsp3) is 0.353. The van der Waals surface area contributed by atoms with Gasteiger partial charge in [-0.3, -0.25) is 14.8 Å². The van der Waals surface area contributed by atoms with Crippen LogP contribution in [0.2, 0.25) is 0 Å². The Balaban J connectivity index is 1.92. The number of nitrogen functional groups attached to an aromatic ring is 1. The van der Waals surface area contributed by atoms with Crippen molar-refractivity contribution >= 4 is 39.6 Å². The van der Waals surface area contributed by atoms with Crippen molar-refractivity contribution in [2.24, 2.45) is 4.99 Å². The molecule has 9 heteroatoms. The van der Waals surface area contributed by atoms with E-state index < -0.39 is 18.0 Å². The summed E-state index contributed by atoms with van der Waals surface area (Å²) in [6.07, 6.45) is 1.08. The Bertz CT molecular complexity index is 918. The maximum Gasteiger partial charge on any atom is 0.267 e. The second-order valence-electron chi connectivity index (χ2n) is 6.36. The van der Waals surface area contributed by atoms with Crippen LogP contribution in [0, 0.1) is 13.8 Å². The molecule has 2 aromatic rings. The molecule has 0 atom stereocenters. The summed E-state index contributed by atoms with van der Waals surface area (Å²) < 4.78 is 27.7. The van der Waals surface area contributed by atoms with Crippen LogP contribution in [-0.2, 0) is 0 Å². The van der Waals surface area contributed by atoms with Gasteiger partial charge in [-0.1, -0.05) is 15.9 Å². The van der Waals surface area contributed by atoms with E-state index in [0.717, 1.165) is 21.3 Å². The van der Waals surface area contributed by atoms with Gasteiger partial charge < -0.3 is 10.6 Å². The van der Waals surface area contributed by atoms with Crippen LogP contribution in [0.5, 0.6) is 0 Å². The number of nitrogens with one attached hydrogen (secondary N) is 1. The number of rotatable bonds is 3. The first-order valence-electron chi connectivity index (χ1n) is 8.00. The number of H-pyrrole nitrogens is 1. The summed E-state index contributed by atoms with van der Waals surface area (Å²) in [7, 11) is 0. The zero-order chi connectivity index (χ0) is 19.1. The molecule has 0 saturated carbocycles. The van der Waals surface area contributed by atoms with Gasteiger partial charge >= 0.3 is 0 Å². The van der Waals surface area contributed by atoms with Gasteiger partial charge in [0, 0.05) is 23.7 Å². The lowest BCUT2D eigenvalue weighted by atomic mass is 10.1. The lowest BCUT2D eigenvalue weighted by Gasteiger charge is -2.17. The Morgan fingerprint density at radius 3 is 2.58 bits per heavy atom. The van der Waals surface area contributed by atoms with Crippen LogP contribution in [0.25, 0.3) is 0 Å². The zero-order valence-corrected chi connectivity index (χ0v) is 15.9. The van der Waals surface area contributed by atoms with Gasteiger partial charge in [-0.15, -0.1) is 0 Å². The molecule has 0 radical (unpaired) electrons. The molecule has 0 bridgehead atoms. The van der Waals surface area contributed by atoms with Crippen LogP contribution in [0.3, 0.4) is 0 Å². The fourth-order valence-electron chi connectivity index (χ4n) is 2.91. The van der Waals surface area contributed by atoms with E-state index in [2.05, 4.69) is 30.9 Å². The number of anilines is 2. The van der Waals surface area contributed by atoms with Crippen LogP contribution in [-0.4, -0.2) is 35.2 Å². The van der Waals surface area contributed by atoms with Crippen LogP contribution in [0.4, 0.5) is 26.2 Å². The molecule has 138 valence electrons. The Morgan fingerprint density at radius 2 is 2.04 bits per heavy atom. The minimum absolute atomic E-state index is 0.0462. The largest absolute Gasteiger partial charge is 0.383 e. The third-order valence-corrected chi connectivity index (χ3v) is 4.68. The first kappa shape index (κ1) is 18.5. The monoisotopic (exact) mass is 425 g/mol. The molecule has 0 spiro atoms. The number of halogens is 3. The molecule has 0 amide bonds. The summed E-state index contributed by atoms with van der Waals surface area (Å²) in [6, 6.07) is 3.84. The zero-order valence-electron chi connectivity index (χ0n) is 14.3. The van der Waals surface area contributed by atoms with Crippen molar-refractivity contribution in [2.45, 2.75) is 26.2 Å². The van der Waals surface area contributed by atoms with Gasteiger partial charge in [0.15, 0.2) is 0 Å². The van der Waals surface area contributed by atoms with Crippen molar-refractivity contribution < 1.29 is 8.78 Å². The summed E-state index contributed by atoms with van der Waals surface area (Å²) >= 11 is 3.42. The molecule has 0 aliphatic carbocycles. The van der Waals surface area contributed by atoms with Gasteiger partial charge in [0.25, 0.3) is 11.5 Å². The predicted molar refractivity (Wildman–Crippen MR) is 102 cm³/mol. The fourth-order valence-corrected chi connectivity index (χ4v) is 3.60. The Morgan fingerprint density at radius 1 is 1.38 bits per heavy atom. The highest BCUT2D eigenvalue weighted by atomic mass is 79.9. The quantitative estimate of drug-likeness (QED) is 0.738. The topological polar surface area (TPSA) is 87.4 Å². The number of benzene rings is 1. The standard InChI is InChI=1S/C17H18BrF2N5O/c1-9-5-11(18)6-10(2)13(9)22-7-12-14(21)23-16(24-15(12)26)25-4-3-17(19,20)8-25/h5-7H,3-4,8H2,1-2H3,(H3,21,23,24,26). The van der Waals surface area contributed by atoms with E-state index in [9.17, 15) is 13.6 Å². The number of alkyl halides is 2. The van der Waals surface area contributed by atoms with Crippen molar-refractivity contribution in [3.05, 3.63) is 43.6 Å². The molecule has 1 aromatic carbocycles. The third-order valence-electron chi connectivity index (χ3n) is 4.22. The van der Waals surface area contributed by atoms with E-state index in [-0.39, 0.29) is 30.3 Å². The molecule has 1 aromatic heterocycles. The van der Waals surface area contributed by atoms with E-state index in [1.54, 1.807) is 0 Å². The molecule has 1 aliphatic rings. The lowest BCUT2D eigenvalue weighted by molar-refractivity contribution is 0.0256. The highest BCUT2D eigenvalue weighted by Crippen LogP contribution is 2.29. The SMILES string of the molecule is Cc1cc(Br)cc(C)c1N=Cc1c(N)nc(N2CCC(F)(F)C2)[nH]c1=O. The highest BCUT2D eigenvalue weighted by molar-refractivity contribution is 9.10. The van der Waals surface area contributed by atoms with Crippen molar-refractivity contribution in [3.63, 3.8) is 0 Å². The summed E-state index contributed by atoms with van der Waals surface area (Å²) in [6.45, 7) is 3.44. The molecular weight excluding hydrogens is 408 g/mol. The van der Waals surface area contributed by atoms with Crippen molar-refractivity contribution in [2.75, 3.05) is 23.7 Å². The maximum atomic E-state index is 13.4. The smallest absolute Gasteiger partial charge is 0.267 e. The maximum absolute atomic E-state index is 13.4. The molecule has 26 heavy (non-hydrogen) atoms. The minimum Gasteiger partial charge on any atom is -0.383 e. The molecule has 6 nitrogen and oxygen atoms in total. The number of hydrogen-bond donors (Lipinski definition) is 2. The van der Waals surface area contributed by atoms with Crippen molar-refractivity contribution in [1.29, 1.82) is 0 Å². The van der Waals surface area contributed by atoms with Crippen LogP contribution in [0.1, 0.15) is 23.1 Å². The molecule has 1 aliphatic heterocycles. The molecular formula is C17H18BrF2N5O. The molecule has 0 unspecified atom stereocenters. The number of hydrogen-bond acceptors (Lipinski definition) is 5. The van der Waals surface area contributed by atoms with Crippen molar-refractivity contribution in [1.82, 2.24) is 9.97 Å². The number of aromatic nitrogens is 2. The average Bonchev–Trinajstić information content (AvgIpc) is 2.88. The van der Waals surface area contributed by atoms with E-state index in [1.807, 2.05) is 26.0 Å². The number of aryl methyl sites for hydroxylation is 2. The first-order chi connectivity index (χ1) is 12.2. The number of nitrogens with two attached hydrogens (primary N) is 1. The number of nitrogens with zero attached hydrogens (tertiary/aromatic N) is 3. The van der Waals surface area contributed by atoms with E-state index >= 15 is 0 Å². The third kappa shape index (κ3) is 3.77. The molecule has 3 N–H and O–H groups in total. The second kappa shape index (κ2) is 6.79. The van der Waals surface area contributed by atoms with Gasteiger partial charge in [-0.2, -0.15) is 4.98 Å². The van der Waals surface area contributed by atoms with Gasteiger partial charge in [-0.25, -0.2) is 8.78 Å².